The summed E-state index contributed by atoms with van der Waals surface area (Å²) in [5, 5.41) is 12.8. The van der Waals surface area contributed by atoms with Gasteiger partial charge in [0, 0.05) is 37.4 Å². The maximum Gasteiger partial charge on any atom is 0.0599 e. The molecule has 1 saturated heterocycles. The molecule has 1 aromatic heterocycles. The zero-order chi connectivity index (χ0) is 12.3. The molecule has 17 heavy (non-hydrogen) atoms. The Morgan fingerprint density at radius 3 is 3.00 bits per heavy atom. The van der Waals surface area contributed by atoms with Gasteiger partial charge in [0.2, 0.25) is 0 Å². The molecule has 0 radical (unpaired) electrons. The lowest BCUT2D eigenvalue weighted by molar-refractivity contribution is 0.00180. The fourth-order valence-electron chi connectivity index (χ4n) is 2.42. The molecule has 1 aliphatic rings. The Labute approximate surface area is 103 Å². The first-order valence-corrected chi connectivity index (χ1v) is 6.12. The molecule has 2 rings (SSSR count). The predicted molar refractivity (Wildman–Crippen MR) is 67.6 cm³/mol. The van der Waals surface area contributed by atoms with Crippen LogP contribution in [0, 0.1) is 0 Å². The number of aliphatic hydroxyl groups is 1. The molecule has 94 valence electrons. The molecular formula is C13H21N3O. The normalized spacial score (nSPS) is 24.8. The van der Waals surface area contributed by atoms with Gasteiger partial charge in [0.25, 0.3) is 0 Å². The van der Waals surface area contributed by atoms with Crippen molar-refractivity contribution in [2.24, 2.45) is 0 Å². The Morgan fingerprint density at radius 2 is 2.35 bits per heavy atom. The quantitative estimate of drug-likeness (QED) is 0.806. The average molecular weight is 235 g/mol. The number of hydrogen-bond donors (Lipinski definition) is 2. The number of aliphatic hydroxyl groups excluding tert-OH is 1. The van der Waals surface area contributed by atoms with Crippen LogP contribution in [-0.2, 0) is 6.54 Å². The van der Waals surface area contributed by atoms with E-state index in [0.29, 0.717) is 0 Å². The lowest BCUT2D eigenvalue weighted by atomic mass is 9.96. The van der Waals surface area contributed by atoms with Gasteiger partial charge in [0.15, 0.2) is 0 Å². The van der Waals surface area contributed by atoms with Crippen molar-refractivity contribution in [2.45, 2.75) is 32.0 Å². The van der Waals surface area contributed by atoms with E-state index >= 15 is 0 Å². The monoisotopic (exact) mass is 235 g/mol. The summed E-state index contributed by atoms with van der Waals surface area (Å²) in [6.07, 6.45) is 1.82. The van der Waals surface area contributed by atoms with Gasteiger partial charge in [-0.15, -0.1) is 0 Å². The highest BCUT2D eigenvalue weighted by molar-refractivity contribution is 5.06. The molecule has 0 bridgehead atoms. The van der Waals surface area contributed by atoms with E-state index in [1.807, 2.05) is 24.4 Å². The third kappa shape index (κ3) is 2.83. The summed E-state index contributed by atoms with van der Waals surface area (Å²) in [5.74, 6) is 0. The summed E-state index contributed by atoms with van der Waals surface area (Å²) in [5.41, 5.74) is 1.10. The van der Waals surface area contributed by atoms with Crippen LogP contribution in [0.3, 0.4) is 0 Å². The Bertz CT molecular complexity index is 353. The summed E-state index contributed by atoms with van der Waals surface area (Å²) in [4.78, 5) is 6.70. The Kier molecular flexibility index (Phi) is 3.76. The van der Waals surface area contributed by atoms with E-state index in [4.69, 9.17) is 0 Å². The van der Waals surface area contributed by atoms with Crippen LogP contribution >= 0.6 is 0 Å². The summed E-state index contributed by atoms with van der Waals surface area (Å²) >= 11 is 0. The van der Waals surface area contributed by atoms with Gasteiger partial charge in [-0.1, -0.05) is 6.07 Å². The van der Waals surface area contributed by atoms with Crippen molar-refractivity contribution in [3.05, 3.63) is 30.1 Å². The standard InChI is InChI=1S/C13H21N3O/c1-13(2)10-14-7-12(9-17)16(13)8-11-5-3-4-6-15-11/h3-6,12,14,17H,7-10H2,1-2H3. The number of nitrogens with one attached hydrogen (secondary N) is 1. The van der Waals surface area contributed by atoms with Gasteiger partial charge in [0.1, 0.15) is 0 Å². The second kappa shape index (κ2) is 5.12. The molecule has 2 heterocycles. The molecule has 4 nitrogen and oxygen atoms in total. The molecule has 1 aromatic rings. The summed E-state index contributed by atoms with van der Waals surface area (Å²) < 4.78 is 0. The van der Waals surface area contributed by atoms with Crippen molar-refractivity contribution in [1.29, 1.82) is 0 Å². The van der Waals surface area contributed by atoms with Crippen LogP contribution in [0.25, 0.3) is 0 Å². The van der Waals surface area contributed by atoms with Crippen molar-refractivity contribution in [3.63, 3.8) is 0 Å². The number of hydrogen-bond acceptors (Lipinski definition) is 4. The van der Waals surface area contributed by atoms with Crippen molar-refractivity contribution in [1.82, 2.24) is 15.2 Å². The van der Waals surface area contributed by atoms with Crippen molar-refractivity contribution >= 4 is 0 Å². The van der Waals surface area contributed by atoms with E-state index < -0.39 is 0 Å². The molecule has 1 aliphatic heterocycles. The molecule has 0 aliphatic carbocycles. The highest BCUT2D eigenvalue weighted by atomic mass is 16.3. The third-order valence-corrected chi connectivity index (χ3v) is 3.43. The second-order valence-corrected chi connectivity index (χ2v) is 5.23. The van der Waals surface area contributed by atoms with Crippen LogP contribution in [0.5, 0.6) is 0 Å². The van der Waals surface area contributed by atoms with E-state index in [-0.39, 0.29) is 18.2 Å². The molecule has 0 aromatic carbocycles. The fraction of sp³-hybridized carbons (Fsp3) is 0.615. The topological polar surface area (TPSA) is 48.4 Å². The van der Waals surface area contributed by atoms with E-state index in [9.17, 15) is 5.11 Å². The molecule has 1 unspecified atom stereocenters. The van der Waals surface area contributed by atoms with Gasteiger partial charge in [-0.25, -0.2) is 0 Å². The predicted octanol–water partition coefficient (Wildman–Crippen LogP) is 0.626. The van der Waals surface area contributed by atoms with Gasteiger partial charge in [-0.3, -0.25) is 9.88 Å². The minimum atomic E-state index is 0.0448. The first-order valence-electron chi connectivity index (χ1n) is 6.12. The summed E-state index contributed by atoms with van der Waals surface area (Å²) in [6.45, 7) is 7.16. The number of aromatic nitrogens is 1. The van der Waals surface area contributed by atoms with Crippen molar-refractivity contribution in [3.8, 4) is 0 Å². The minimum Gasteiger partial charge on any atom is -0.395 e. The second-order valence-electron chi connectivity index (χ2n) is 5.23. The Balaban J connectivity index is 2.15. The van der Waals surface area contributed by atoms with Gasteiger partial charge in [0.05, 0.1) is 12.3 Å². The lowest BCUT2D eigenvalue weighted by Crippen LogP contribution is -2.63. The van der Waals surface area contributed by atoms with Gasteiger partial charge < -0.3 is 10.4 Å². The molecule has 2 N–H and O–H groups in total. The van der Waals surface area contributed by atoms with Gasteiger partial charge in [-0.2, -0.15) is 0 Å². The van der Waals surface area contributed by atoms with E-state index in [1.165, 1.54) is 0 Å². The molecule has 4 heteroatoms. The number of nitrogens with zero attached hydrogens (tertiary/aromatic N) is 2. The van der Waals surface area contributed by atoms with Crippen LogP contribution in [0.15, 0.2) is 24.4 Å². The van der Waals surface area contributed by atoms with Crippen molar-refractivity contribution < 1.29 is 5.11 Å². The third-order valence-electron chi connectivity index (χ3n) is 3.43. The Morgan fingerprint density at radius 1 is 1.53 bits per heavy atom. The Hall–Kier alpha value is -0.970. The highest BCUT2D eigenvalue weighted by Gasteiger charge is 2.35. The molecule has 0 spiro atoms. The molecule has 0 amide bonds. The van der Waals surface area contributed by atoms with Crippen LogP contribution in [0.4, 0.5) is 0 Å². The largest absolute Gasteiger partial charge is 0.395 e. The molecular weight excluding hydrogens is 214 g/mol. The first kappa shape index (κ1) is 12.5. The van der Waals surface area contributed by atoms with Gasteiger partial charge in [-0.05, 0) is 26.0 Å². The zero-order valence-electron chi connectivity index (χ0n) is 10.6. The van der Waals surface area contributed by atoms with Crippen LogP contribution in [-0.4, -0.2) is 46.3 Å². The smallest absolute Gasteiger partial charge is 0.0599 e. The van der Waals surface area contributed by atoms with Crippen molar-refractivity contribution in [2.75, 3.05) is 19.7 Å². The van der Waals surface area contributed by atoms with Crippen LogP contribution in [0.2, 0.25) is 0 Å². The van der Waals surface area contributed by atoms with E-state index in [0.717, 1.165) is 25.3 Å². The van der Waals surface area contributed by atoms with Gasteiger partial charge >= 0.3 is 0 Å². The van der Waals surface area contributed by atoms with E-state index in [1.54, 1.807) is 0 Å². The SMILES string of the molecule is CC1(C)CNCC(CO)N1Cc1ccccn1. The molecule has 1 fully saturated rings. The summed E-state index contributed by atoms with van der Waals surface area (Å²) in [7, 11) is 0. The maximum absolute atomic E-state index is 9.47. The lowest BCUT2D eigenvalue weighted by Gasteiger charge is -2.47. The molecule has 1 atom stereocenters. The average Bonchev–Trinajstić information content (AvgIpc) is 2.33. The highest BCUT2D eigenvalue weighted by Crippen LogP contribution is 2.22. The number of rotatable bonds is 3. The maximum atomic E-state index is 9.47. The first-order chi connectivity index (χ1) is 8.13. The van der Waals surface area contributed by atoms with Crippen LogP contribution in [0.1, 0.15) is 19.5 Å². The summed E-state index contributed by atoms with van der Waals surface area (Å²) in [6, 6.07) is 6.13. The van der Waals surface area contributed by atoms with Crippen LogP contribution < -0.4 is 5.32 Å². The molecule has 0 saturated carbocycles. The van der Waals surface area contributed by atoms with E-state index in [2.05, 4.69) is 29.0 Å². The number of pyridine rings is 1. The minimum absolute atomic E-state index is 0.0448. The fourth-order valence-corrected chi connectivity index (χ4v) is 2.42. The number of piperazine rings is 1. The zero-order valence-corrected chi connectivity index (χ0v) is 10.6.